The smallest absolute Gasteiger partial charge is 0.0780 e. The molecule has 1 N–H and O–H groups in total. The van der Waals surface area contributed by atoms with Crippen molar-refractivity contribution in [3.8, 4) is 0 Å². The van der Waals surface area contributed by atoms with Crippen molar-refractivity contribution < 1.29 is 4.48 Å². The minimum atomic E-state index is 0.695. The fourth-order valence-corrected chi connectivity index (χ4v) is 3.28. The maximum absolute atomic E-state index is 3.71. The monoisotopic (exact) mass is 341 g/mol. The van der Waals surface area contributed by atoms with Crippen molar-refractivity contribution >= 4 is 0 Å². The molecule has 0 heterocycles. The molecule has 0 saturated carbocycles. The Morgan fingerprint density at radius 3 is 1.67 bits per heavy atom. The lowest BCUT2D eigenvalue weighted by Crippen LogP contribution is -2.35. The van der Waals surface area contributed by atoms with Crippen LogP contribution in [0.3, 0.4) is 0 Å². The normalized spacial score (nSPS) is 13.4. The van der Waals surface area contributed by atoms with E-state index in [2.05, 4.69) is 40.3 Å². The van der Waals surface area contributed by atoms with Gasteiger partial charge in [-0.25, -0.2) is 0 Å². The molecule has 0 aromatic heterocycles. The first-order valence-corrected chi connectivity index (χ1v) is 11.0. The molecule has 2 heteroatoms. The van der Waals surface area contributed by atoms with Crippen molar-refractivity contribution in [2.45, 2.75) is 110 Å². The van der Waals surface area contributed by atoms with Crippen molar-refractivity contribution in [3.05, 3.63) is 0 Å². The number of nitrogens with zero attached hydrogens (tertiary/aromatic N) is 1. The van der Waals surface area contributed by atoms with Crippen LogP contribution in [0, 0.1) is 0 Å². The van der Waals surface area contributed by atoms with Gasteiger partial charge in [0.2, 0.25) is 0 Å². The van der Waals surface area contributed by atoms with Gasteiger partial charge in [-0.3, -0.25) is 0 Å². The van der Waals surface area contributed by atoms with Crippen molar-refractivity contribution in [1.29, 1.82) is 0 Å². The molecular formula is C22H49N2+. The SMILES string of the molecule is CCCCCCCCCCCCCNC(C)CCCC[N+](C)(C)C. The van der Waals surface area contributed by atoms with Crippen LogP contribution in [0.25, 0.3) is 0 Å². The average Bonchev–Trinajstić information content (AvgIpc) is 2.52. The van der Waals surface area contributed by atoms with Crippen LogP contribution in [0.5, 0.6) is 0 Å². The summed E-state index contributed by atoms with van der Waals surface area (Å²) in [7, 11) is 6.86. The molecule has 0 aromatic rings. The Hall–Kier alpha value is -0.0800. The summed E-state index contributed by atoms with van der Waals surface area (Å²) in [5.74, 6) is 0. The lowest BCUT2D eigenvalue weighted by Gasteiger charge is -2.24. The van der Waals surface area contributed by atoms with Crippen LogP contribution in [-0.4, -0.2) is 44.8 Å². The maximum Gasteiger partial charge on any atom is 0.0780 e. The van der Waals surface area contributed by atoms with Crippen molar-refractivity contribution in [1.82, 2.24) is 5.32 Å². The second kappa shape index (κ2) is 16.4. The maximum atomic E-state index is 3.71. The van der Waals surface area contributed by atoms with Crippen molar-refractivity contribution in [2.75, 3.05) is 34.2 Å². The molecule has 0 radical (unpaired) electrons. The Balaban J connectivity index is 3.18. The van der Waals surface area contributed by atoms with Crippen LogP contribution in [0.2, 0.25) is 0 Å². The lowest BCUT2D eigenvalue weighted by atomic mass is 10.1. The van der Waals surface area contributed by atoms with Crippen molar-refractivity contribution in [3.63, 3.8) is 0 Å². The topological polar surface area (TPSA) is 12.0 Å². The van der Waals surface area contributed by atoms with Crippen LogP contribution in [0.1, 0.15) is 104 Å². The fourth-order valence-electron chi connectivity index (χ4n) is 3.28. The highest BCUT2D eigenvalue weighted by Gasteiger charge is 2.07. The Bertz CT molecular complexity index is 245. The summed E-state index contributed by atoms with van der Waals surface area (Å²) < 4.78 is 1.10. The molecular weight excluding hydrogens is 292 g/mol. The van der Waals surface area contributed by atoms with Gasteiger partial charge in [-0.2, -0.15) is 0 Å². The molecule has 0 rings (SSSR count). The first kappa shape index (κ1) is 23.9. The highest BCUT2D eigenvalue weighted by molar-refractivity contribution is 4.61. The molecule has 0 amide bonds. The van der Waals surface area contributed by atoms with Crippen molar-refractivity contribution in [2.24, 2.45) is 0 Å². The molecule has 146 valence electrons. The number of rotatable bonds is 18. The number of hydrogen-bond donors (Lipinski definition) is 1. The highest BCUT2D eigenvalue weighted by Crippen LogP contribution is 2.11. The zero-order valence-corrected chi connectivity index (χ0v) is 17.8. The standard InChI is InChI=1S/C22H49N2/c1-6-7-8-9-10-11-12-13-14-15-17-20-23-22(2)19-16-18-21-24(3,4)5/h22-23H,6-21H2,1-5H3/q+1. The largest absolute Gasteiger partial charge is 0.331 e. The van der Waals surface area contributed by atoms with Gasteiger partial charge < -0.3 is 9.80 Å². The molecule has 0 spiro atoms. The molecule has 0 aromatic carbocycles. The van der Waals surface area contributed by atoms with Crippen LogP contribution in [0.4, 0.5) is 0 Å². The van der Waals surface area contributed by atoms with Gasteiger partial charge in [0, 0.05) is 6.04 Å². The van der Waals surface area contributed by atoms with Gasteiger partial charge in [0.05, 0.1) is 27.7 Å². The predicted molar refractivity (Wildman–Crippen MR) is 111 cm³/mol. The molecule has 0 aliphatic heterocycles. The summed E-state index contributed by atoms with van der Waals surface area (Å²) in [5.41, 5.74) is 0. The van der Waals surface area contributed by atoms with Gasteiger partial charge in [0.1, 0.15) is 0 Å². The Labute approximate surface area is 154 Å². The Morgan fingerprint density at radius 1 is 0.667 bits per heavy atom. The molecule has 0 fully saturated rings. The first-order valence-electron chi connectivity index (χ1n) is 11.0. The number of nitrogens with one attached hydrogen (secondary N) is 1. The summed E-state index contributed by atoms with van der Waals surface area (Å²) >= 11 is 0. The van der Waals surface area contributed by atoms with E-state index in [1.807, 2.05) is 0 Å². The lowest BCUT2D eigenvalue weighted by molar-refractivity contribution is -0.870. The zero-order valence-electron chi connectivity index (χ0n) is 17.8. The molecule has 24 heavy (non-hydrogen) atoms. The van der Waals surface area contributed by atoms with E-state index in [-0.39, 0.29) is 0 Å². The second-order valence-corrected chi connectivity index (χ2v) is 8.90. The van der Waals surface area contributed by atoms with Gasteiger partial charge >= 0.3 is 0 Å². The van der Waals surface area contributed by atoms with E-state index < -0.39 is 0 Å². The molecule has 1 unspecified atom stereocenters. The first-order chi connectivity index (χ1) is 11.5. The third-order valence-electron chi connectivity index (χ3n) is 4.99. The van der Waals surface area contributed by atoms with E-state index in [4.69, 9.17) is 0 Å². The molecule has 2 nitrogen and oxygen atoms in total. The second-order valence-electron chi connectivity index (χ2n) is 8.90. The van der Waals surface area contributed by atoms with E-state index >= 15 is 0 Å². The summed E-state index contributed by atoms with van der Waals surface area (Å²) in [6.07, 6.45) is 19.8. The van der Waals surface area contributed by atoms with Crippen LogP contribution in [0.15, 0.2) is 0 Å². The van der Waals surface area contributed by atoms with E-state index in [9.17, 15) is 0 Å². The zero-order chi connectivity index (χ0) is 18.1. The van der Waals surface area contributed by atoms with Gasteiger partial charge in [-0.1, -0.05) is 71.1 Å². The predicted octanol–water partition coefficient (Wildman–Crippen LogP) is 6.15. The molecule has 0 bridgehead atoms. The fraction of sp³-hybridized carbons (Fsp3) is 1.00. The molecule has 0 aliphatic rings. The average molecular weight is 342 g/mol. The van der Waals surface area contributed by atoms with Crippen LogP contribution < -0.4 is 5.32 Å². The summed E-state index contributed by atoms with van der Waals surface area (Å²) in [6, 6.07) is 0.695. The minimum absolute atomic E-state index is 0.695. The van der Waals surface area contributed by atoms with Gasteiger partial charge in [-0.05, 0) is 39.2 Å². The summed E-state index contributed by atoms with van der Waals surface area (Å²) in [4.78, 5) is 0. The molecule has 0 saturated heterocycles. The molecule has 0 aliphatic carbocycles. The quantitative estimate of drug-likeness (QED) is 0.233. The van der Waals surface area contributed by atoms with Gasteiger partial charge in [0.25, 0.3) is 0 Å². The summed E-state index contributed by atoms with van der Waals surface area (Å²) in [6.45, 7) is 7.16. The van der Waals surface area contributed by atoms with E-state index in [0.29, 0.717) is 6.04 Å². The summed E-state index contributed by atoms with van der Waals surface area (Å²) in [5, 5.41) is 3.71. The van der Waals surface area contributed by atoms with Crippen LogP contribution >= 0.6 is 0 Å². The Morgan fingerprint density at radius 2 is 1.17 bits per heavy atom. The Kier molecular flexibility index (Phi) is 16.3. The van der Waals surface area contributed by atoms with E-state index in [1.54, 1.807) is 0 Å². The minimum Gasteiger partial charge on any atom is -0.331 e. The molecule has 1 atom stereocenters. The van der Waals surface area contributed by atoms with Gasteiger partial charge in [-0.15, -0.1) is 0 Å². The number of hydrogen-bond acceptors (Lipinski definition) is 1. The van der Waals surface area contributed by atoms with Crippen LogP contribution in [-0.2, 0) is 0 Å². The van der Waals surface area contributed by atoms with E-state index in [1.165, 1.54) is 103 Å². The highest BCUT2D eigenvalue weighted by atomic mass is 15.3. The van der Waals surface area contributed by atoms with E-state index in [0.717, 1.165) is 4.48 Å². The number of unbranched alkanes of at least 4 members (excludes halogenated alkanes) is 11. The third-order valence-corrected chi connectivity index (χ3v) is 4.99. The number of quaternary nitrogens is 1. The van der Waals surface area contributed by atoms with Gasteiger partial charge in [0.15, 0.2) is 0 Å². The third kappa shape index (κ3) is 20.0.